The van der Waals surface area contributed by atoms with Crippen molar-refractivity contribution in [3.05, 3.63) is 30.1 Å². The minimum atomic E-state index is -0.578. The number of aliphatic hydroxyl groups excluding tert-OH is 1. The summed E-state index contributed by atoms with van der Waals surface area (Å²) in [5, 5.41) is 9.70. The Morgan fingerprint density at radius 2 is 1.92 bits per heavy atom. The molecule has 3 N–H and O–H groups in total. The second-order valence-corrected chi connectivity index (χ2v) is 6.47. The zero-order valence-electron chi connectivity index (χ0n) is 13.4. The van der Waals surface area contributed by atoms with E-state index in [-0.39, 0.29) is 47.9 Å². The molecule has 1 aromatic rings. The molecule has 0 unspecified atom stereocenters. The van der Waals surface area contributed by atoms with Crippen molar-refractivity contribution in [2.45, 2.75) is 43.9 Å². The maximum atomic E-state index is 13.6. The molecule has 1 amide bonds. The van der Waals surface area contributed by atoms with Crippen molar-refractivity contribution >= 4 is 18.3 Å². The third kappa shape index (κ3) is 4.18. The summed E-state index contributed by atoms with van der Waals surface area (Å²) in [6, 6.07) is 6.07. The van der Waals surface area contributed by atoms with Crippen LogP contribution in [0.5, 0.6) is 5.75 Å². The number of likely N-dealkylation sites (tertiary alicyclic amines) is 1. The van der Waals surface area contributed by atoms with E-state index in [2.05, 4.69) is 0 Å². The summed E-state index contributed by atoms with van der Waals surface area (Å²) in [6.45, 7) is 1.19. The number of piperidine rings is 1. The SMILES string of the molecule is Cl.N[C@H]1C[C@H](C(=O)N2CCC(Oc3ccccc3F)CC2)C[C@@H]1O. The Morgan fingerprint density at radius 1 is 1.25 bits per heavy atom. The van der Waals surface area contributed by atoms with Gasteiger partial charge in [0.1, 0.15) is 6.10 Å². The first-order valence-corrected chi connectivity index (χ1v) is 8.18. The van der Waals surface area contributed by atoms with E-state index >= 15 is 0 Å². The Bertz CT molecular complexity index is 557. The van der Waals surface area contributed by atoms with Crippen LogP contribution in [-0.2, 0) is 4.79 Å². The average Bonchev–Trinajstić information content (AvgIpc) is 2.89. The summed E-state index contributed by atoms with van der Waals surface area (Å²) in [5.41, 5.74) is 5.78. The molecule has 1 aliphatic heterocycles. The Kier molecular flexibility index (Phi) is 6.43. The third-order valence-corrected chi connectivity index (χ3v) is 4.81. The first-order chi connectivity index (χ1) is 11.0. The Balaban J connectivity index is 0.00000208. The lowest BCUT2D eigenvalue weighted by molar-refractivity contribution is -0.137. The molecule has 3 atom stereocenters. The van der Waals surface area contributed by atoms with Crippen LogP contribution in [0.15, 0.2) is 24.3 Å². The number of carbonyl (C=O) groups is 1. The van der Waals surface area contributed by atoms with Gasteiger partial charge >= 0.3 is 0 Å². The molecule has 24 heavy (non-hydrogen) atoms. The van der Waals surface area contributed by atoms with E-state index in [1.54, 1.807) is 18.2 Å². The Morgan fingerprint density at radius 3 is 2.50 bits per heavy atom. The van der Waals surface area contributed by atoms with E-state index in [0.717, 1.165) is 0 Å². The van der Waals surface area contributed by atoms with Crippen molar-refractivity contribution in [1.29, 1.82) is 0 Å². The van der Waals surface area contributed by atoms with Gasteiger partial charge in [0.25, 0.3) is 0 Å². The highest BCUT2D eigenvalue weighted by Crippen LogP contribution is 2.28. The van der Waals surface area contributed by atoms with Crippen molar-refractivity contribution in [3.63, 3.8) is 0 Å². The quantitative estimate of drug-likeness (QED) is 0.862. The van der Waals surface area contributed by atoms with E-state index in [0.29, 0.717) is 38.8 Å². The molecule has 0 spiro atoms. The Hall–Kier alpha value is -1.37. The number of benzene rings is 1. The molecule has 5 nitrogen and oxygen atoms in total. The van der Waals surface area contributed by atoms with Gasteiger partial charge < -0.3 is 20.5 Å². The number of hydrogen-bond donors (Lipinski definition) is 2. The molecule has 1 saturated carbocycles. The van der Waals surface area contributed by atoms with Crippen LogP contribution in [0.2, 0.25) is 0 Å². The molecule has 1 aliphatic carbocycles. The van der Waals surface area contributed by atoms with Crippen LogP contribution in [0.25, 0.3) is 0 Å². The topological polar surface area (TPSA) is 75.8 Å². The van der Waals surface area contributed by atoms with Gasteiger partial charge in [0.15, 0.2) is 11.6 Å². The Labute approximate surface area is 147 Å². The number of amides is 1. The summed E-state index contributed by atoms with van der Waals surface area (Å²) in [6.07, 6.45) is 1.71. The van der Waals surface area contributed by atoms with Crippen LogP contribution in [0.3, 0.4) is 0 Å². The molecule has 134 valence electrons. The van der Waals surface area contributed by atoms with Crippen LogP contribution in [0, 0.1) is 11.7 Å². The number of halogens is 2. The van der Waals surface area contributed by atoms with E-state index in [1.165, 1.54) is 6.07 Å². The van der Waals surface area contributed by atoms with Gasteiger partial charge in [-0.3, -0.25) is 4.79 Å². The molecule has 7 heteroatoms. The standard InChI is InChI=1S/C17H23FN2O3.ClH/c18-13-3-1-2-4-16(13)23-12-5-7-20(8-6-12)17(22)11-9-14(19)15(21)10-11;/h1-4,11-12,14-15,21H,5-10,19H2;1H/t11-,14-,15-;/m0./s1. The van der Waals surface area contributed by atoms with Crippen molar-refractivity contribution < 1.29 is 19.0 Å². The largest absolute Gasteiger partial charge is 0.487 e. The maximum Gasteiger partial charge on any atom is 0.225 e. The van der Waals surface area contributed by atoms with Gasteiger partial charge in [-0.2, -0.15) is 0 Å². The predicted octanol–water partition coefficient (Wildman–Crippen LogP) is 1.72. The number of nitrogens with two attached hydrogens (primary N) is 1. The third-order valence-electron chi connectivity index (χ3n) is 4.81. The highest BCUT2D eigenvalue weighted by molar-refractivity contribution is 5.85. The molecule has 0 bridgehead atoms. The monoisotopic (exact) mass is 358 g/mol. The number of nitrogens with zero attached hydrogens (tertiary/aromatic N) is 1. The van der Waals surface area contributed by atoms with Gasteiger partial charge in [0.2, 0.25) is 5.91 Å². The van der Waals surface area contributed by atoms with Crippen LogP contribution in [0.1, 0.15) is 25.7 Å². The number of hydrogen-bond acceptors (Lipinski definition) is 4. The van der Waals surface area contributed by atoms with Crippen molar-refractivity contribution in [2.75, 3.05) is 13.1 Å². The first kappa shape index (κ1) is 19.0. The lowest BCUT2D eigenvalue weighted by Crippen LogP contribution is -2.44. The molecule has 0 aromatic heterocycles. The number of aliphatic hydroxyl groups is 1. The van der Waals surface area contributed by atoms with Crippen LogP contribution < -0.4 is 10.5 Å². The molecule has 1 heterocycles. The van der Waals surface area contributed by atoms with Crippen molar-refractivity contribution in [2.24, 2.45) is 11.7 Å². The highest BCUT2D eigenvalue weighted by atomic mass is 35.5. The van der Waals surface area contributed by atoms with Crippen LogP contribution in [-0.4, -0.2) is 47.3 Å². The maximum absolute atomic E-state index is 13.6. The summed E-state index contributed by atoms with van der Waals surface area (Å²) in [7, 11) is 0. The summed E-state index contributed by atoms with van der Waals surface area (Å²) >= 11 is 0. The molecular formula is C17H24ClFN2O3. The van der Waals surface area contributed by atoms with Crippen molar-refractivity contribution in [1.82, 2.24) is 4.90 Å². The molecule has 2 aliphatic rings. The van der Waals surface area contributed by atoms with Gasteiger partial charge in [-0.1, -0.05) is 12.1 Å². The molecular weight excluding hydrogens is 335 g/mol. The minimum absolute atomic E-state index is 0. The normalized spacial score (nSPS) is 27.6. The molecule has 3 rings (SSSR count). The fraction of sp³-hybridized carbons (Fsp3) is 0.588. The van der Waals surface area contributed by atoms with Gasteiger partial charge in [-0.05, 0) is 25.0 Å². The molecule has 2 fully saturated rings. The van der Waals surface area contributed by atoms with Crippen molar-refractivity contribution in [3.8, 4) is 5.75 Å². The van der Waals surface area contributed by atoms with E-state index < -0.39 is 6.10 Å². The second kappa shape index (κ2) is 8.14. The molecule has 1 aromatic carbocycles. The average molecular weight is 359 g/mol. The zero-order chi connectivity index (χ0) is 16.4. The van der Waals surface area contributed by atoms with Gasteiger partial charge in [0.05, 0.1) is 6.10 Å². The van der Waals surface area contributed by atoms with Gasteiger partial charge in [0, 0.05) is 37.9 Å². The number of para-hydroxylation sites is 1. The second-order valence-electron chi connectivity index (χ2n) is 6.47. The summed E-state index contributed by atoms with van der Waals surface area (Å²) in [4.78, 5) is 14.3. The van der Waals surface area contributed by atoms with E-state index in [9.17, 15) is 14.3 Å². The number of rotatable bonds is 3. The van der Waals surface area contributed by atoms with Gasteiger partial charge in [-0.15, -0.1) is 12.4 Å². The summed E-state index contributed by atoms with van der Waals surface area (Å²) in [5.74, 6) is -0.201. The van der Waals surface area contributed by atoms with Crippen LogP contribution in [0.4, 0.5) is 4.39 Å². The minimum Gasteiger partial charge on any atom is -0.487 e. The first-order valence-electron chi connectivity index (χ1n) is 8.18. The lowest BCUT2D eigenvalue weighted by atomic mass is 10.0. The number of ether oxygens (including phenoxy) is 1. The fourth-order valence-corrected chi connectivity index (χ4v) is 3.42. The molecule has 0 radical (unpaired) electrons. The van der Waals surface area contributed by atoms with E-state index in [4.69, 9.17) is 10.5 Å². The summed E-state index contributed by atoms with van der Waals surface area (Å²) < 4.78 is 19.3. The zero-order valence-corrected chi connectivity index (χ0v) is 14.3. The highest BCUT2D eigenvalue weighted by Gasteiger charge is 2.37. The van der Waals surface area contributed by atoms with Gasteiger partial charge in [-0.25, -0.2) is 4.39 Å². The number of carbonyl (C=O) groups excluding carboxylic acids is 1. The van der Waals surface area contributed by atoms with E-state index in [1.807, 2.05) is 4.90 Å². The smallest absolute Gasteiger partial charge is 0.225 e. The molecule has 1 saturated heterocycles. The van der Waals surface area contributed by atoms with Crippen LogP contribution >= 0.6 is 12.4 Å². The fourth-order valence-electron chi connectivity index (χ4n) is 3.42. The lowest BCUT2D eigenvalue weighted by Gasteiger charge is -2.33. The predicted molar refractivity (Wildman–Crippen MR) is 90.6 cm³/mol.